The zero-order valence-corrected chi connectivity index (χ0v) is 24.8. The van der Waals surface area contributed by atoms with Crippen LogP contribution in [0.15, 0.2) is 76.7 Å². The van der Waals surface area contributed by atoms with Gasteiger partial charge in [0.1, 0.15) is 5.82 Å². The second-order valence-electron chi connectivity index (χ2n) is 10.5. The Morgan fingerprint density at radius 3 is 2.20 bits per heavy atom. The van der Waals surface area contributed by atoms with Crippen LogP contribution < -0.4 is 5.01 Å². The third kappa shape index (κ3) is 6.99. The highest BCUT2D eigenvalue weighted by molar-refractivity contribution is 7.89. The predicted molar refractivity (Wildman–Crippen MR) is 160 cm³/mol. The molecule has 3 aromatic carbocycles. The number of halogens is 1. The topological polar surface area (TPSA) is 82.9 Å². The van der Waals surface area contributed by atoms with E-state index in [1.165, 1.54) is 63.3 Å². The minimum Gasteiger partial charge on any atom is -0.267 e. The number of fused-ring (bicyclic) bond motifs is 1. The highest BCUT2D eigenvalue weighted by atomic mass is 32.2. The molecule has 4 aromatic rings. The summed E-state index contributed by atoms with van der Waals surface area (Å²) < 4.78 is 42.6. The van der Waals surface area contributed by atoms with E-state index in [2.05, 4.69) is 10.1 Å². The Kier molecular flexibility index (Phi) is 9.12. The SMILES string of the molecule is Cc1ccc2nc(N(/N=C/c3ccc(F)cc3)C(=O)c3ccc(S(=O)(=O)N(CC(C)C)CC(C)C)cc3)sc2c1. The van der Waals surface area contributed by atoms with Crippen molar-refractivity contribution in [3.63, 3.8) is 0 Å². The molecule has 0 saturated heterocycles. The first-order valence-electron chi connectivity index (χ1n) is 13.1. The van der Waals surface area contributed by atoms with Crippen molar-refractivity contribution in [1.82, 2.24) is 9.29 Å². The summed E-state index contributed by atoms with van der Waals surface area (Å²) >= 11 is 1.32. The molecule has 0 aliphatic carbocycles. The van der Waals surface area contributed by atoms with Crippen molar-refractivity contribution in [2.45, 2.75) is 39.5 Å². The molecular formula is C30H33FN4O3S2. The smallest absolute Gasteiger partial charge is 0.267 e. The summed E-state index contributed by atoms with van der Waals surface area (Å²) in [6.45, 7) is 10.7. The molecule has 1 amide bonds. The molecule has 7 nitrogen and oxygen atoms in total. The molecule has 40 heavy (non-hydrogen) atoms. The van der Waals surface area contributed by atoms with Crippen LogP contribution in [-0.2, 0) is 10.0 Å². The zero-order valence-electron chi connectivity index (χ0n) is 23.2. The Balaban J connectivity index is 1.68. The standard InChI is InChI=1S/C30H33FN4O3S2/c1-20(2)18-34(19-21(3)4)40(37,38)26-13-9-24(10-14-26)29(36)35(32-17-23-7-11-25(31)12-8-23)30-33-27-15-6-22(5)16-28(27)39-30/h6-17,20-21H,18-19H2,1-5H3/b32-17+. The van der Waals surface area contributed by atoms with Gasteiger partial charge in [-0.25, -0.2) is 17.8 Å². The normalized spacial score (nSPS) is 12.3. The number of amides is 1. The number of rotatable bonds is 10. The molecule has 0 aliphatic rings. The lowest BCUT2D eigenvalue weighted by Gasteiger charge is -2.25. The molecule has 4 rings (SSSR count). The van der Waals surface area contributed by atoms with Gasteiger partial charge >= 0.3 is 0 Å². The molecule has 0 fully saturated rings. The summed E-state index contributed by atoms with van der Waals surface area (Å²) in [6.07, 6.45) is 1.46. The van der Waals surface area contributed by atoms with Gasteiger partial charge in [-0.2, -0.15) is 14.4 Å². The van der Waals surface area contributed by atoms with Crippen molar-refractivity contribution >= 4 is 48.8 Å². The van der Waals surface area contributed by atoms with Crippen LogP contribution in [-0.4, -0.2) is 42.9 Å². The van der Waals surface area contributed by atoms with E-state index >= 15 is 0 Å². The van der Waals surface area contributed by atoms with E-state index in [4.69, 9.17) is 0 Å². The van der Waals surface area contributed by atoms with Gasteiger partial charge in [0.2, 0.25) is 15.2 Å². The fourth-order valence-electron chi connectivity index (χ4n) is 4.10. The summed E-state index contributed by atoms with van der Waals surface area (Å²) in [5.74, 6) is -0.514. The number of carbonyl (C=O) groups is 1. The van der Waals surface area contributed by atoms with Crippen molar-refractivity contribution < 1.29 is 17.6 Å². The van der Waals surface area contributed by atoms with Crippen LogP contribution in [0.4, 0.5) is 9.52 Å². The molecule has 1 aromatic heterocycles. The predicted octanol–water partition coefficient (Wildman–Crippen LogP) is 6.73. The van der Waals surface area contributed by atoms with Crippen molar-refractivity contribution in [1.29, 1.82) is 0 Å². The molecule has 0 N–H and O–H groups in total. The Bertz CT molecular complexity index is 1600. The third-order valence-corrected chi connectivity index (χ3v) is 8.81. The summed E-state index contributed by atoms with van der Waals surface area (Å²) in [7, 11) is -3.74. The number of sulfonamides is 1. The maximum Gasteiger partial charge on any atom is 0.280 e. The molecule has 1 heterocycles. The number of thiazole rings is 1. The van der Waals surface area contributed by atoms with Crippen molar-refractivity contribution in [3.05, 3.63) is 89.2 Å². The average molecular weight is 581 g/mol. The van der Waals surface area contributed by atoms with Crippen LogP contribution >= 0.6 is 11.3 Å². The Hall–Kier alpha value is -3.47. The maximum atomic E-state index is 13.7. The third-order valence-electron chi connectivity index (χ3n) is 5.98. The van der Waals surface area contributed by atoms with E-state index in [0.29, 0.717) is 23.8 Å². The molecule has 0 unspecified atom stereocenters. The van der Waals surface area contributed by atoms with E-state index in [9.17, 15) is 17.6 Å². The highest BCUT2D eigenvalue weighted by Gasteiger charge is 2.27. The van der Waals surface area contributed by atoms with E-state index in [1.807, 2.05) is 52.8 Å². The Morgan fingerprint density at radius 2 is 1.60 bits per heavy atom. The highest BCUT2D eigenvalue weighted by Crippen LogP contribution is 2.31. The number of aromatic nitrogens is 1. The van der Waals surface area contributed by atoms with E-state index in [1.54, 1.807) is 12.1 Å². The van der Waals surface area contributed by atoms with E-state index in [0.717, 1.165) is 15.8 Å². The lowest BCUT2D eigenvalue weighted by atomic mass is 10.2. The average Bonchev–Trinajstić information content (AvgIpc) is 3.31. The van der Waals surface area contributed by atoms with Gasteiger partial charge in [-0.15, -0.1) is 0 Å². The summed E-state index contributed by atoms with van der Waals surface area (Å²) in [6, 6.07) is 17.5. The van der Waals surface area contributed by atoms with Gasteiger partial charge in [-0.3, -0.25) is 4.79 Å². The van der Waals surface area contributed by atoms with Gasteiger partial charge < -0.3 is 0 Å². The monoisotopic (exact) mass is 580 g/mol. The first-order chi connectivity index (χ1) is 18.9. The van der Waals surface area contributed by atoms with Crippen LogP contribution in [0.1, 0.15) is 49.2 Å². The van der Waals surface area contributed by atoms with Crippen LogP contribution in [0.2, 0.25) is 0 Å². The molecule has 0 bridgehead atoms. The van der Waals surface area contributed by atoms with Crippen LogP contribution in [0, 0.1) is 24.6 Å². The molecular weight excluding hydrogens is 547 g/mol. The van der Waals surface area contributed by atoms with Gasteiger partial charge in [0.25, 0.3) is 5.91 Å². The van der Waals surface area contributed by atoms with Gasteiger partial charge in [-0.05, 0) is 78.4 Å². The summed E-state index contributed by atoms with van der Waals surface area (Å²) in [5, 5.41) is 5.96. The number of hydrogen-bond acceptors (Lipinski definition) is 6. The van der Waals surface area contributed by atoms with Crippen LogP contribution in [0.5, 0.6) is 0 Å². The number of carbonyl (C=O) groups excluding carboxylic acids is 1. The number of aryl methyl sites for hydroxylation is 1. The van der Waals surface area contributed by atoms with Gasteiger partial charge in [0.05, 0.1) is 21.3 Å². The lowest BCUT2D eigenvalue weighted by Crippen LogP contribution is -2.37. The quantitative estimate of drug-likeness (QED) is 0.154. The summed E-state index contributed by atoms with van der Waals surface area (Å²) in [5.41, 5.74) is 2.66. The van der Waals surface area contributed by atoms with Crippen LogP contribution in [0.25, 0.3) is 10.2 Å². The van der Waals surface area contributed by atoms with Crippen molar-refractivity contribution in [3.8, 4) is 0 Å². The Morgan fingerprint density at radius 1 is 0.975 bits per heavy atom. The number of nitrogens with zero attached hydrogens (tertiary/aromatic N) is 4. The minimum absolute atomic E-state index is 0.127. The number of hydrogen-bond donors (Lipinski definition) is 0. The van der Waals surface area contributed by atoms with Gasteiger partial charge in [-0.1, -0.05) is 57.2 Å². The van der Waals surface area contributed by atoms with Crippen molar-refractivity contribution in [2.24, 2.45) is 16.9 Å². The van der Waals surface area contributed by atoms with Crippen LogP contribution in [0.3, 0.4) is 0 Å². The lowest BCUT2D eigenvalue weighted by molar-refractivity contribution is 0.0987. The molecule has 0 saturated carbocycles. The number of benzene rings is 3. The Labute approximate surface area is 239 Å². The fourth-order valence-corrected chi connectivity index (χ4v) is 6.89. The molecule has 0 spiro atoms. The second kappa shape index (κ2) is 12.4. The maximum absolute atomic E-state index is 13.7. The first kappa shape index (κ1) is 29.5. The molecule has 0 radical (unpaired) electrons. The number of anilines is 1. The molecule has 0 aliphatic heterocycles. The zero-order chi connectivity index (χ0) is 29.0. The summed E-state index contributed by atoms with van der Waals surface area (Å²) in [4.78, 5) is 18.4. The molecule has 210 valence electrons. The van der Waals surface area contributed by atoms with Gasteiger partial charge in [0, 0.05) is 18.7 Å². The second-order valence-corrected chi connectivity index (χ2v) is 13.5. The minimum atomic E-state index is -3.74. The molecule has 0 atom stereocenters. The fraction of sp³-hybridized carbons (Fsp3) is 0.300. The largest absolute Gasteiger partial charge is 0.280 e. The van der Waals surface area contributed by atoms with Crippen molar-refractivity contribution in [2.75, 3.05) is 18.1 Å². The van der Waals surface area contributed by atoms with E-state index < -0.39 is 15.9 Å². The number of hydrazone groups is 1. The van der Waals surface area contributed by atoms with E-state index in [-0.39, 0.29) is 28.1 Å². The molecule has 10 heteroatoms. The van der Waals surface area contributed by atoms with Gasteiger partial charge in [0.15, 0.2) is 0 Å². The first-order valence-corrected chi connectivity index (χ1v) is 15.3.